The van der Waals surface area contributed by atoms with Crippen LogP contribution in [0.5, 0.6) is 5.75 Å². The zero-order valence-electron chi connectivity index (χ0n) is 20.0. The highest BCUT2D eigenvalue weighted by molar-refractivity contribution is 6.01. The van der Waals surface area contributed by atoms with Crippen molar-refractivity contribution in [1.29, 1.82) is 0 Å². The molecular formula is C27H34N4O3. The van der Waals surface area contributed by atoms with Crippen molar-refractivity contribution in [3.63, 3.8) is 0 Å². The van der Waals surface area contributed by atoms with Crippen LogP contribution >= 0.6 is 0 Å². The summed E-state index contributed by atoms with van der Waals surface area (Å²) in [7, 11) is 0. The molecule has 0 aliphatic heterocycles. The molecule has 2 saturated carbocycles. The van der Waals surface area contributed by atoms with Crippen LogP contribution < -0.4 is 21.1 Å². The van der Waals surface area contributed by atoms with Crippen molar-refractivity contribution in [1.82, 2.24) is 9.88 Å². The Morgan fingerprint density at radius 2 is 1.88 bits per heavy atom. The van der Waals surface area contributed by atoms with Gasteiger partial charge in [0.2, 0.25) is 0 Å². The quantitative estimate of drug-likeness (QED) is 0.355. The number of hydrogen-bond acceptors (Lipinski definition) is 5. The van der Waals surface area contributed by atoms with E-state index in [0.717, 1.165) is 53.0 Å². The molecule has 3 aromatic rings. The van der Waals surface area contributed by atoms with Crippen molar-refractivity contribution in [3.05, 3.63) is 42.5 Å². The van der Waals surface area contributed by atoms with Gasteiger partial charge in [0.15, 0.2) is 0 Å². The first-order chi connectivity index (χ1) is 16.5. The number of carbonyl (C=O) groups excluding carboxylic acids is 1. The number of fused-ring (bicyclic) bond motifs is 1. The van der Waals surface area contributed by atoms with Gasteiger partial charge in [0.05, 0.1) is 23.0 Å². The number of hydrogen-bond donors (Lipinski definition) is 3. The molecule has 0 saturated heterocycles. The zero-order chi connectivity index (χ0) is 23.7. The molecule has 180 valence electrons. The predicted octanol–water partition coefficient (Wildman–Crippen LogP) is 5.70. The molecule has 0 atom stereocenters. The summed E-state index contributed by atoms with van der Waals surface area (Å²) in [6.45, 7) is 5.17. The molecule has 0 radical (unpaired) electrons. The second-order valence-corrected chi connectivity index (χ2v) is 9.63. The van der Waals surface area contributed by atoms with E-state index in [1.807, 2.05) is 44.2 Å². The van der Waals surface area contributed by atoms with E-state index in [1.54, 1.807) is 0 Å². The Balaban J connectivity index is 1.41. The van der Waals surface area contributed by atoms with Crippen molar-refractivity contribution in [2.24, 2.45) is 0 Å². The van der Waals surface area contributed by atoms with Gasteiger partial charge in [0.25, 0.3) is 0 Å². The zero-order valence-corrected chi connectivity index (χ0v) is 20.0. The van der Waals surface area contributed by atoms with Gasteiger partial charge in [-0.1, -0.05) is 12.1 Å². The average molecular weight is 463 g/mol. The van der Waals surface area contributed by atoms with Crippen molar-refractivity contribution in [2.45, 2.75) is 64.1 Å². The van der Waals surface area contributed by atoms with Gasteiger partial charge in [0, 0.05) is 41.3 Å². The lowest BCUT2D eigenvalue weighted by Gasteiger charge is -2.30. The van der Waals surface area contributed by atoms with Crippen LogP contribution in [0.1, 0.15) is 52.0 Å². The van der Waals surface area contributed by atoms with Gasteiger partial charge in [-0.25, -0.2) is 4.79 Å². The van der Waals surface area contributed by atoms with E-state index < -0.39 is 6.09 Å². The summed E-state index contributed by atoms with van der Waals surface area (Å²) in [4.78, 5) is 11.9. The highest BCUT2D eigenvalue weighted by atomic mass is 16.6. The third-order valence-electron chi connectivity index (χ3n) is 6.58. The minimum Gasteiger partial charge on any atom is -0.492 e. The Morgan fingerprint density at radius 3 is 2.53 bits per heavy atom. The standard InChI is InChI=1S/C27H34N4O3/c1-17(2)34-27(32)30-20-8-6-18(7-9-20)26-25(28)23-13-12-22(33-15-14-29-19-10-11-19)16-24(23)31(26)21-4-3-5-21/h6-9,12-13,16-17,19,21,29H,3-5,10-11,14-15,28H2,1-2H3,(H,30,32). The fourth-order valence-electron chi connectivity index (χ4n) is 4.52. The number of aromatic nitrogens is 1. The molecule has 0 spiro atoms. The molecule has 34 heavy (non-hydrogen) atoms. The number of rotatable bonds is 9. The molecule has 1 heterocycles. The summed E-state index contributed by atoms with van der Waals surface area (Å²) >= 11 is 0. The van der Waals surface area contributed by atoms with Crippen LogP contribution in [0.4, 0.5) is 16.2 Å². The lowest BCUT2D eigenvalue weighted by Crippen LogP contribution is -2.22. The molecular weight excluding hydrogens is 428 g/mol. The molecule has 1 aromatic heterocycles. The van der Waals surface area contributed by atoms with Gasteiger partial charge < -0.3 is 25.1 Å². The molecule has 5 rings (SSSR count). The summed E-state index contributed by atoms with van der Waals surface area (Å²) in [5.74, 6) is 0.873. The molecule has 2 aliphatic rings. The monoisotopic (exact) mass is 462 g/mol. The molecule has 2 fully saturated rings. The number of anilines is 2. The minimum absolute atomic E-state index is 0.166. The number of nitrogens with one attached hydrogen (secondary N) is 2. The molecule has 0 unspecified atom stereocenters. The summed E-state index contributed by atoms with van der Waals surface area (Å²) in [6, 6.07) is 15.1. The summed E-state index contributed by atoms with van der Waals surface area (Å²) in [5.41, 5.74) is 11.4. The number of nitrogens with zero attached hydrogens (tertiary/aromatic N) is 1. The number of benzene rings is 2. The maximum absolute atomic E-state index is 11.9. The second kappa shape index (κ2) is 9.58. The minimum atomic E-state index is -0.453. The SMILES string of the molecule is CC(C)OC(=O)Nc1ccc(-c2c(N)c3ccc(OCCNC4CC4)cc3n2C2CCC2)cc1. The first-order valence-electron chi connectivity index (χ1n) is 12.4. The highest BCUT2D eigenvalue weighted by Gasteiger charge is 2.27. The summed E-state index contributed by atoms with van der Waals surface area (Å²) < 4.78 is 13.6. The van der Waals surface area contributed by atoms with Gasteiger partial charge >= 0.3 is 6.09 Å². The van der Waals surface area contributed by atoms with E-state index in [0.29, 0.717) is 24.4 Å². The maximum Gasteiger partial charge on any atom is 0.411 e. The van der Waals surface area contributed by atoms with Crippen LogP contribution in [0.3, 0.4) is 0 Å². The molecule has 7 heteroatoms. The van der Waals surface area contributed by atoms with Crippen molar-refractivity contribution in [3.8, 4) is 17.0 Å². The molecule has 4 N–H and O–H groups in total. The number of carbonyl (C=O) groups is 1. The fraction of sp³-hybridized carbons (Fsp3) is 0.444. The van der Waals surface area contributed by atoms with Crippen LogP contribution in [0.15, 0.2) is 42.5 Å². The van der Waals surface area contributed by atoms with E-state index >= 15 is 0 Å². The first kappa shape index (κ1) is 22.6. The number of ether oxygens (including phenoxy) is 2. The first-order valence-corrected chi connectivity index (χ1v) is 12.4. The fourth-order valence-corrected chi connectivity index (χ4v) is 4.52. The van der Waals surface area contributed by atoms with Crippen LogP contribution in [-0.2, 0) is 4.74 Å². The van der Waals surface area contributed by atoms with Gasteiger partial charge in [-0.15, -0.1) is 0 Å². The molecule has 7 nitrogen and oxygen atoms in total. The summed E-state index contributed by atoms with van der Waals surface area (Å²) in [5, 5.41) is 7.31. The Hall–Kier alpha value is -3.19. The highest BCUT2D eigenvalue weighted by Crippen LogP contribution is 2.44. The number of amides is 1. The topological polar surface area (TPSA) is 90.5 Å². The Bertz CT molecular complexity index is 1160. The van der Waals surface area contributed by atoms with E-state index in [-0.39, 0.29) is 6.10 Å². The smallest absolute Gasteiger partial charge is 0.411 e. The third kappa shape index (κ3) is 4.85. The van der Waals surface area contributed by atoms with Crippen LogP contribution in [0, 0.1) is 0 Å². The lowest BCUT2D eigenvalue weighted by atomic mass is 9.92. The Labute approximate surface area is 200 Å². The van der Waals surface area contributed by atoms with Crippen LogP contribution in [-0.4, -0.2) is 36.0 Å². The van der Waals surface area contributed by atoms with Crippen LogP contribution in [0.25, 0.3) is 22.2 Å². The van der Waals surface area contributed by atoms with Gasteiger partial charge in [-0.05, 0) is 70.2 Å². The molecule has 0 bridgehead atoms. The van der Waals surface area contributed by atoms with Gasteiger partial charge in [0.1, 0.15) is 12.4 Å². The maximum atomic E-state index is 11.9. The third-order valence-corrected chi connectivity index (χ3v) is 6.58. The van der Waals surface area contributed by atoms with Crippen molar-refractivity contribution < 1.29 is 14.3 Å². The Morgan fingerprint density at radius 1 is 1.12 bits per heavy atom. The van der Waals surface area contributed by atoms with E-state index in [4.69, 9.17) is 15.2 Å². The van der Waals surface area contributed by atoms with E-state index in [1.165, 1.54) is 19.3 Å². The van der Waals surface area contributed by atoms with Crippen molar-refractivity contribution >= 4 is 28.4 Å². The Kier molecular flexibility index (Phi) is 6.37. The normalized spacial score (nSPS) is 16.0. The molecule has 2 aliphatic carbocycles. The average Bonchev–Trinajstić information content (AvgIpc) is 3.55. The lowest BCUT2D eigenvalue weighted by molar-refractivity contribution is 0.130. The number of nitrogens with two attached hydrogens (primary N) is 1. The van der Waals surface area contributed by atoms with E-state index in [9.17, 15) is 4.79 Å². The molecule has 1 amide bonds. The number of nitrogen functional groups attached to an aromatic ring is 1. The second-order valence-electron chi connectivity index (χ2n) is 9.63. The molecule has 2 aromatic carbocycles. The van der Waals surface area contributed by atoms with Gasteiger partial charge in [-0.2, -0.15) is 0 Å². The van der Waals surface area contributed by atoms with Crippen molar-refractivity contribution in [2.75, 3.05) is 24.2 Å². The predicted molar refractivity (Wildman–Crippen MR) is 136 cm³/mol. The largest absolute Gasteiger partial charge is 0.492 e. The van der Waals surface area contributed by atoms with Gasteiger partial charge in [-0.3, -0.25) is 5.32 Å². The summed E-state index contributed by atoms with van der Waals surface area (Å²) in [6.07, 6.45) is 5.46. The van der Waals surface area contributed by atoms with E-state index in [2.05, 4.69) is 27.3 Å². The van der Waals surface area contributed by atoms with Crippen LogP contribution in [0.2, 0.25) is 0 Å².